The van der Waals surface area contributed by atoms with Gasteiger partial charge in [0.15, 0.2) is 0 Å². The van der Waals surface area contributed by atoms with E-state index in [0.717, 1.165) is 10.6 Å². The Bertz CT molecular complexity index is 1040. The van der Waals surface area contributed by atoms with Crippen LogP contribution in [0.15, 0.2) is 64.8 Å². The van der Waals surface area contributed by atoms with Gasteiger partial charge in [-0.1, -0.05) is 22.8 Å². The zero-order valence-corrected chi connectivity index (χ0v) is 15.7. The summed E-state index contributed by atoms with van der Waals surface area (Å²) in [4.78, 5) is 17.7. The number of carbonyl (C=O) groups excluding carboxylic acids is 1. The first-order chi connectivity index (χ1) is 13.2. The summed E-state index contributed by atoms with van der Waals surface area (Å²) in [7, 11) is 0. The summed E-state index contributed by atoms with van der Waals surface area (Å²) in [6.07, 6.45) is 4.40. The minimum Gasteiger partial charge on any atom is -0.339 e. The van der Waals surface area contributed by atoms with Gasteiger partial charge in [-0.15, -0.1) is 11.3 Å². The summed E-state index contributed by atoms with van der Waals surface area (Å²) in [6, 6.07) is 13.0. The van der Waals surface area contributed by atoms with E-state index < -0.39 is 0 Å². The van der Waals surface area contributed by atoms with Crippen molar-refractivity contribution < 1.29 is 9.32 Å². The smallest absolute Gasteiger partial charge is 0.227 e. The van der Waals surface area contributed by atoms with Gasteiger partial charge < -0.3 is 14.4 Å². The van der Waals surface area contributed by atoms with Gasteiger partial charge in [-0.3, -0.25) is 4.79 Å². The Hall–Kier alpha value is -2.90. The van der Waals surface area contributed by atoms with Gasteiger partial charge in [0.05, 0.1) is 16.3 Å². The van der Waals surface area contributed by atoms with Gasteiger partial charge in [0.25, 0.3) is 0 Å². The molecular weight excluding hydrogens is 384 g/mol. The van der Waals surface area contributed by atoms with E-state index >= 15 is 0 Å². The number of amides is 1. The molecule has 0 unspecified atom stereocenters. The maximum atomic E-state index is 12.4. The number of hydrogen-bond acceptors (Lipinski definition) is 5. The highest BCUT2D eigenvalue weighted by molar-refractivity contribution is 7.13. The molecule has 0 aliphatic heterocycles. The van der Waals surface area contributed by atoms with Gasteiger partial charge in [-0.25, -0.2) is 0 Å². The van der Waals surface area contributed by atoms with Crippen molar-refractivity contribution >= 4 is 34.5 Å². The Morgan fingerprint density at radius 1 is 1.22 bits per heavy atom. The maximum absolute atomic E-state index is 12.4. The fraction of sp³-hybridized carbons (Fsp3) is 0.105. The SMILES string of the molecule is O=C(CCc1nc(-c2cccs2)no1)Nc1ccc(Cl)cc1-n1cccc1. The van der Waals surface area contributed by atoms with Crippen molar-refractivity contribution in [1.29, 1.82) is 0 Å². The van der Waals surface area contributed by atoms with Crippen LogP contribution in [0.3, 0.4) is 0 Å². The quantitative estimate of drug-likeness (QED) is 0.505. The standard InChI is InChI=1S/C19H15ClN4O2S/c20-13-5-6-14(15(12-13)24-9-1-2-10-24)21-17(25)7-8-18-22-19(23-26-18)16-4-3-11-27-16/h1-6,9-12H,7-8H2,(H,21,25). The van der Waals surface area contributed by atoms with Crippen LogP contribution in [-0.4, -0.2) is 20.6 Å². The largest absolute Gasteiger partial charge is 0.339 e. The molecule has 3 aromatic heterocycles. The number of hydrogen-bond donors (Lipinski definition) is 1. The normalized spacial score (nSPS) is 10.9. The van der Waals surface area contributed by atoms with Crippen molar-refractivity contribution in [1.82, 2.24) is 14.7 Å². The first kappa shape index (κ1) is 17.5. The third-order valence-electron chi connectivity index (χ3n) is 3.89. The maximum Gasteiger partial charge on any atom is 0.227 e. The van der Waals surface area contributed by atoms with Gasteiger partial charge in [0.1, 0.15) is 0 Å². The molecule has 4 rings (SSSR count). The molecule has 0 aliphatic rings. The highest BCUT2D eigenvalue weighted by Crippen LogP contribution is 2.25. The summed E-state index contributed by atoms with van der Waals surface area (Å²) in [5, 5.41) is 9.43. The number of nitrogens with one attached hydrogen (secondary N) is 1. The van der Waals surface area contributed by atoms with Gasteiger partial charge in [0, 0.05) is 30.3 Å². The molecule has 0 atom stereocenters. The minimum absolute atomic E-state index is 0.137. The highest BCUT2D eigenvalue weighted by atomic mass is 35.5. The van der Waals surface area contributed by atoms with Crippen LogP contribution in [0.25, 0.3) is 16.4 Å². The zero-order valence-electron chi connectivity index (χ0n) is 14.1. The molecule has 0 spiro atoms. The van der Waals surface area contributed by atoms with E-state index in [1.54, 1.807) is 12.1 Å². The number of aromatic nitrogens is 3. The molecule has 4 aromatic rings. The lowest BCUT2D eigenvalue weighted by Gasteiger charge is -2.12. The van der Waals surface area contributed by atoms with E-state index in [1.165, 1.54) is 11.3 Å². The average Bonchev–Trinajstić information content (AvgIpc) is 3.42. The number of anilines is 1. The highest BCUT2D eigenvalue weighted by Gasteiger charge is 2.13. The average molecular weight is 399 g/mol. The summed E-state index contributed by atoms with van der Waals surface area (Å²) in [5.74, 6) is 0.852. The Labute approximate surface area is 164 Å². The molecule has 0 saturated heterocycles. The predicted molar refractivity (Wildman–Crippen MR) is 105 cm³/mol. The van der Waals surface area contributed by atoms with Crippen molar-refractivity contribution in [3.8, 4) is 16.4 Å². The third kappa shape index (κ3) is 4.10. The van der Waals surface area contributed by atoms with E-state index in [0.29, 0.717) is 28.8 Å². The third-order valence-corrected chi connectivity index (χ3v) is 4.99. The fourth-order valence-electron chi connectivity index (χ4n) is 2.61. The molecule has 0 bridgehead atoms. The van der Waals surface area contributed by atoms with Crippen LogP contribution in [0.4, 0.5) is 5.69 Å². The molecule has 1 aromatic carbocycles. The van der Waals surface area contributed by atoms with Crippen LogP contribution >= 0.6 is 22.9 Å². The molecule has 6 nitrogen and oxygen atoms in total. The van der Waals surface area contributed by atoms with Gasteiger partial charge >= 0.3 is 0 Å². The van der Waals surface area contributed by atoms with Crippen molar-refractivity contribution in [2.24, 2.45) is 0 Å². The van der Waals surface area contributed by atoms with E-state index in [-0.39, 0.29) is 12.3 Å². The van der Waals surface area contributed by atoms with E-state index in [4.69, 9.17) is 16.1 Å². The van der Waals surface area contributed by atoms with Crippen LogP contribution < -0.4 is 5.32 Å². The molecule has 27 heavy (non-hydrogen) atoms. The number of thiophene rings is 1. The van der Waals surface area contributed by atoms with Crippen LogP contribution in [0.1, 0.15) is 12.3 Å². The van der Waals surface area contributed by atoms with Crippen molar-refractivity contribution in [3.63, 3.8) is 0 Å². The molecule has 0 aliphatic carbocycles. The number of nitrogens with zero attached hydrogens (tertiary/aromatic N) is 3. The Balaban J connectivity index is 1.42. The van der Waals surface area contributed by atoms with Gasteiger partial charge in [-0.05, 0) is 41.8 Å². The molecule has 1 amide bonds. The molecule has 1 N–H and O–H groups in total. The second-order valence-corrected chi connectivity index (χ2v) is 7.17. The lowest BCUT2D eigenvalue weighted by Crippen LogP contribution is -2.14. The molecule has 136 valence electrons. The monoisotopic (exact) mass is 398 g/mol. The number of rotatable bonds is 6. The van der Waals surface area contributed by atoms with Gasteiger partial charge in [0.2, 0.25) is 17.6 Å². The van der Waals surface area contributed by atoms with Crippen LogP contribution in [0.2, 0.25) is 5.02 Å². The summed E-state index contributed by atoms with van der Waals surface area (Å²) < 4.78 is 7.13. The minimum atomic E-state index is -0.137. The number of benzene rings is 1. The van der Waals surface area contributed by atoms with Crippen LogP contribution in [0, 0.1) is 0 Å². The van der Waals surface area contributed by atoms with E-state index in [2.05, 4.69) is 15.5 Å². The first-order valence-electron chi connectivity index (χ1n) is 8.28. The molecular formula is C19H15ClN4O2S. The fourth-order valence-corrected chi connectivity index (χ4v) is 3.43. The van der Waals surface area contributed by atoms with Crippen molar-refractivity contribution in [2.45, 2.75) is 12.8 Å². The van der Waals surface area contributed by atoms with Crippen LogP contribution in [-0.2, 0) is 11.2 Å². The Morgan fingerprint density at radius 2 is 2.07 bits per heavy atom. The first-order valence-corrected chi connectivity index (χ1v) is 9.54. The number of halogens is 1. The summed E-state index contributed by atoms with van der Waals surface area (Å²) in [5.41, 5.74) is 1.49. The molecule has 0 radical (unpaired) electrons. The predicted octanol–water partition coefficient (Wildman–Crippen LogP) is 4.81. The number of aryl methyl sites for hydroxylation is 1. The second-order valence-electron chi connectivity index (χ2n) is 5.79. The Morgan fingerprint density at radius 3 is 2.85 bits per heavy atom. The van der Waals surface area contributed by atoms with Crippen molar-refractivity contribution in [3.05, 3.63) is 71.2 Å². The Kier molecular flexibility index (Phi) is 5.04. The lowest BCUT2D eigenvalue weighted by atomic mass is 10.2. The molecule has 3 heterocycles. The molecule has 0 fully saturated rings. The lowest BCUT2D eigenvalue weighted by molar-refractivity contribution is -0.116. The number of carbonyl (C=O) groups is 1. The summed E-state index contributed by atoms with van der Waals surface area (Å²) in [6.45, 7) is 0. The van der Waals surface area contributed by atoms with Crippen molar-refractivity contribution in [2.75, 3.05) is 5.32 Å². The topological polar surface area (TPSA) is 72.9 Å². The molecule has 0 saturated carbocycles. The van der Waals surface area contributed by atoms with E-state index in [1.807, 2.05) is 52.7 Å². The van der Waals surface area contributed by atoms with Crippen LogP contribution in [0.5, 0.6) is 0 Å². The second kappa shape index (κ2) is 7.77. The summed E-state index contributed by atoms with van der Waals surface area (Å²) >= 11 is 7.64. The van der Waals surface area contributed by atoms with Gasteiger partial charge in [-0.2, -0.15) is 4.98 Å². The molecule has 8 heteroatoms. The van der Waals surface area contributed by atoms with E-state index in [9.17, 15) is 4.79 Å². The zero-order chi connectivity index (χ0) is 18.6.